The summed E-state index contributed by atoms with van der Waals surface area (Å²) in [6, 6.07) is 8.14. The van der Waals surface area contributed by atoms with Crippen molar-refractivity contribution in [1.29, 1.82) is 5.26 Å². The summed E-state index contributed by atoms with van der Waals surface area (Å²) in [5.41, 5.74) is 2.88. The molecule has 0 amide bonds. The van der Waals surface area contributed by atoms with Crippen LogP contribution in [0.1, 0.15) is 34.8 Å². The van der Waals surface area contributed by atoms with E-state index in [-0.39, 0.29) is 11.8 Å². The lowest BCUT2D eigenvalue weighted by Gasteiger charge is -2.22. The van der Waals surface area contributed by atoms with Crippen LogP contribution in [0.25, 0.3) is 0 Å². The first kappa shape index (κ1) is 14.4. The van der Waals surface area contributed by atoms with Crippen LogP contribution in [0.5, 0.6) is 0 Å². The molecule has 0 aromatic heterocycles. The van der Waals surface area contributed by atoms with Gasteiger partial charge in [-0.05, 0) is 39.4 Å². The summed E-state index contributed by atoms with van der Waals surface area (Å²) in [7, 11) is 1.88. The molecule has 0 aliphatic heterocycles. The minimum Gasteiger partial charge on any atom is -0.295 e. The van der Waals surface area contributed by atoms with E-state index in [1.807, 2.05) is 50.9 Å². The second kappa shape index (κ2) is 6.32. The highest BCUT2D eigenvalue weighted by atomic mass is 16.1. The molecule has 1 rings (SSSR count). The van der Waals surface area contributed by atoms with Crippen molar-refractivity contribution in [3.63, 3.8) is 0 Å². The van der Waals surface area contributed by atoms with Crippen molar-refractivity contribution in [2.24, 2.45) is 0 Å². The third kappa shape index (κ3) is 3.68. The average Bonchev–Trinajstić information content (AvgIpc) is 2.32. The smallest absolute Gasteiger partial charge is 0.177 e. The molecule has 0 fully saturated rings. The molecule has 0 aliphatic carbocycles. The summed E-state index contributed by atoms with van der Waals surface area (Å²) in [5.74, 6) is 0.114. The number of carbonyl (C=O) groups is 1. The number of hydrogen-bond donors (Lipinski definition) is 0. The van der Waals surface area contributed by atoms with Crippen LogP contribution in [-0.4, -0.2) is 30.3 Å². The Kier molecular flexibility index (Phi) is 5.06. The summed E-state index contributed by atoms with van der Waals surface area (Å²) in [6.45, 7) is 6.25. The van der Waals surface area contributed by atoms with Crippen LogP contribution >= 0.6 is 0 Å². The molecule has 1 aromatic rings. The first-order valence-corrected chi connectivity index (χ1v) is 6.13. The van der Waals surface area contributed by atoms with Gasteiger partial charge in [-0.3, -0.25) is 9.69 Å². The fourth-order valence-corrected chi connectivity index (χ4v) is 1.79. The third-order valence-corrected chi connectivity index (χ3v) is 3.23. The molecule has 0 N–H and O–H groups in total. The largest absolute Gasteiger partial charge is 0.295 e. The molecule has 1 atom stereocenters. The van der Waals surface area contributed by atoms with Crippen LogP contribution in [-0.2, 0) is 0 Å². The highest BCUT2D eigenvalue weighted by Gasteiger charge is 2.15. The maximum atomic E-state index is 12.2. The van der Waals surface area contributed by atoms with Crippen LogP contribution in [0.2, 0.25) is 0 Å². The number of aryl methyl sites for hydroxylation is 2. The molecule has 0 saturated heterocycles. The number of nitriles is 1. The zero-order valence-corrected chi connectivity index (χ0v) is 11.5. The molecular weight excluding hydrogens is 224 g/mol. The average molecular weight is 244 g/mol. The first-order valence-electron chi connectivity index (χ1n) is 6.13. The number of ketones is 1. The molecule has 18 heavy (non-hydrogen) atoms. The van der Waals surface area contributed by atoms with Gasteiger partial charge in [0.2, 0.25) is 0 Å². The normalized spacial score (nSPS) is 12.2. The second-order valence-corrected chi connectivity index (χ2v) is 4.87. The Morgan fingerprint density at radius 2 is 2.11 bits per heavy atom. The number of benzene rings is 1. The predicted octanol–water partition coefficient (Wildman–Crippen LogP) is 2.72. The Labute approximate surface area is 109 Å². The molecule has 96 valence electrons. The summed E-state index contributed by atoms with van der Waals surface area (Å²) < 4.78 is 0. The van der Waals surface area contributed by atoms with E-state index in [0.717, 1.165) is 16.7 Å². The van der Waals surface area contributed by atoms with Gasteiger partial charge in [0.15, 0.2) is 5.78 Å². The predicted molar refractivity (Wildman–Crippen MR) is 72.6 cm³/mol. The monoisotopic (exact) mass is 244 g/mol. The van der Waals surface area contributed by atoms with Crippen molar-refractivity contribution in [3.8, 4) is 6.07 Å². The highest BCUT2D eigenvalue weighted by Crippen LogP contribution is 2.12. The lowest BCUT2D eigenvalue weighted by molar-refractivity contribution is 0.0925. The summed E-state index contributed by atoms with van der Waals surface area (Å²) >= 11 is 0. The van der Waals surface area contributed by atoms with Gasteiger partial charge in [0.05, 0.1) is 19.0 Å². The van der Waals surface area contributed by atoms with E-state index < -0.39 is 0 Å². The quantitative estimate of drug-likeness (QED) is 0.748. The Balaban J connectivity index is 2.77. The van der Waals surface area contributed by atoms with Crippen LogP contribution < -0.4 is 0 Å². The zero-order valence-electron chi connectivity index (χ0n) is 11.5. The summed E-state index contributed by atoms with van der Waals surface area (Å²) in [4.78, 5) is 14.1. The van der Waals surface area contributed by atoms with Crippen LogP contribution in [0.15, 0.2) is 18.2 Å². The molecule has 0 heterocycles. The van der Waals surface area contributed by atoms with Crippen molar-refractivity contribution < 1.29 is 4.79 Å². The van der Waals surface area contributed by atoms with Crippen molar-refractivity contribution >= 4 is 5.78 Å². The third-order valence-electron chi connectivity index (χ3n) is 3.23. The molecule has 0 spiro atoms. The van der Waals surface area contributed by atoms with Gasteiger partial charge >= 0.3 is 0 Å². The summed E-state index contributed by atoms with van der Waals surface area (Å²) in [5, 5.41) is 8.66. The molecule has 0 aliphatic rings. The van der Waals surface area contributed by atoms with Gasteiger partial charge in [-0.25, -0.2) is 0 Å². The molecule has 1 aromatic carbocycles. The Morgan fingerprint density at radius 3 is 2.72 bits per heavy atom. The van der Waals surface area contributed by atoms with Crippen molar-refractivity contribution in [3.05, 3.63) is 34.9 Å². The lowest BCUT2D eigenvalue weighted by Crippen LogP contribution is -2.33. The first-order chi connectivity index (χ1) is 8.45. The highest BCUT2D eigenvalue weighted by molar-refractivity contribution is 5.99. The van der Waals surface area contributed by atoms with E-state index in [1.54, 1.807) is 0 Å². The Morgan fingerprint density at radius 1 is 1.44 bits per heavy atom. The maximum absolute atomic E-state index is 12.2. The van der Waals surface area contributed by atoms with Gasteiger partial charge < -0.3 is 0 Å². The van der Waals surface area contributed by atoms with Crippen LogP contribution in [0, 0.1) is 25.2 Å². The van der Waals surface area contributed by atoms with E-state index >= 15 is 0 Å². The minimum absolute atomic E-state index is 0.101. The maximum Gasteiger partial charge on any atom is 0.177 e. The lowest BCUT2D eigenvalue weighted by atomic mass is 10.0. The number of nitrogens with zero attached hydrogens (tertiary/aromatic N) is 2. The standard InChI is InChI=1S/C15H20N2O/c1-11-5-6-12(2)14(9-11)15(18)10-17(4)13(3)7-8-16/h5-6,9,13H,7,10H2,1-4H3. The van der Waals surface area contributed by atoms with Gasteiger partial charge in [0, 0.05) is 11.6 Å². The van der Waals surface area contributed by atoms with Gasteiger partial charge in [-0.15, -0.1) is 0 Å². The fourth-order valence-electron chi connectivity index (χ4n) is 1.79. The Bertz CT molecular complexity index is 474. The van der Waals surface area contributed by atoms with E-state index in [9.17, 15) is 4.79 Å². The number of carbonyl (C=O) groups excluding carboxylic acids is 1. The molecule has 0 bridgehead atoms. The van der Waals surface area contributed by atoms with Crippen molar-refractivity contribution in [1.82, 2.24) is 4.90 Å². The topological polar surface area (TPSA) is 44.1 Å². The number of hydrogen-bond acceptors (Lipinski definition) is 3. The number of likely N-dealkylation sites (N-methyl/N-ethyl adjacent to an activating group) is 1. The van der Waals surface area contributed by atoms with Gasteiger partial charge in [0.25, 0.3) is 0 Å². The van der Waals surface area contributed by atoms with E-state index in [2.05, 4.69) is 6.07 Å². The van der Waals surface area contributed by atoms with Crippen molar-refractivity contribution in [2.45, 2.75) is 33.2 Å². The molecule has 3 nitrogen and oxygen atoms in total. The van der Waals surface area contributed by atoms with Crippen LogP contribution in [0.4, 0.5) is 0 Å². The van der Waals surface area contributed by atoms with Crippen LogP contribution in [0.3, 0.4) is 0 Å². The summed E-state index contributed by atoms with van der Waals surface area (Å²) in [6.07, 6.45) is 0.441. The number of rotatable bonds is 5. The van der Waals surface area contributed by atoms with E-state index in [4.69, 9.17) is 5.26 Å². The SMILES string of the molecule is Cc1ccc(C)c(C(=O)CN(C)C(C)CC#N)c1. The van der Waals surface area contributed by atoms with Gasteiger partial charge in [-0.1, -0.05) is 17.7 Å². The fraction of sp³-hybridized carbons (Fsp3) is 0.467. The van der Waals surface area contributed by atoms with Gasteiger partial charge in [-0.2, -0.15) is 5.26 Å². The molecule has 1 unspecified atom stereocenters. The zero-order chi connectivity index (χ0) is 13.7. The molecule has 3 heteroatoms. The molecule has 0 saturated carbocycles. The molecular formula is C15H20N2O. The number of Topliss-reactive ketones (excluding diaryl/α,β-unsaturated/α-hetero) is 1. The minimum atomic E-state index is 0.101. The van der Waals surface area contributed by atoms with Gasteiger partial charge in [0.1, 0.15) is 0 Å². The second-order valence-electron chi connectivity index (χ2n) is 4.87. The van der Waals surface area contributed by atoms with E-state index in [0.29, 0.717) is 13.0 Å². The molecule has 0 radical (unpaired) electrons. The van der Waals surface area contributed by atoms with Crippen molar-refractivity contribution in [2.75, 3.05) is 13.6 Å². The Hall–Kier alpha value is -1.66. The van der Waals surface area contributed by atoms with E-state index in [1.165, 1.54) is 0 Å².